The molecule has 1 saturated heterocycles. The predicted octanol–water partition coefficient (Wildman–Crippen LogP) is 4.38. The zero-order valence-corrected chi connectivity index (χ0v) is 16.7. The number of hydrogen-bond donors (Lipinski definition) is 1. The topological polar surface area (TPSA) is 71.8 Å². The number of nitrogens with zero attached hydrogens (tertiary/aromatic N) is 1. The average Bonchev–Trinajstić information content (AvgIpc) is 3.37. The van der Waals surface area contributed by atoms with Crippen molar-refractivity contribution < 1.29 is 18.7 Å². The smallest absolute Gasteiger partial charge is 0.291 e. The molecule has 2 heterocycles. The van der Waals surface area contributed by atoms with Gasteiger partial charge in [-0.15, -0.1) is 0 Å². The fraction of sp³-hybridized carbons (Fsp3) is 0.304. The Morgan fingerprint density at radius 2 is 1.86 bits per heavy atom. The summed E-state index contributed by atoms with van der Waals surface area (Å²) >= 11 is 0. The number of carbonyl (C=O) groups excluding carboxylic acids is 2. The van der Waals surface area contributed by atoms with Gasteiger partial charge in [0.2, 0.25) is 0 Å². The molecule has 1 N–H and O–H groups in total. The summed E-state index contributed by atoms with van der Waals surface area (Å²) in [6.07, 6.45) is 2.03. The Labute approximate surface area is 169 Å². The lowest BCUT2D eigenvalue weighted by Crippen LogP contribution is -2.29. The maximum Gasteiger partial charge on any atom is 0.291 e. The van der Waals surface area contributed by atoms with Crippen LogP contribution in [0.5, 0.6) is 0 Å². The summed E-state index contributed by atoms with van der Waals surface area (Å²) in [5.41, 5.74) is 3.19. The van der Waals surface area contributed by atoms with Gasteiger partial charge in [-0.1, -0.05) is 30.3 Å². The summed E-state index contributed by atoms with van der Waals surface area (Å²) < 4.78 is 11.1. The minimum atomic E-state index is -0.394. The Balaban J connectivity index is 1.69. The van der Waals surface area contributed by atoms with Crippen molar-refractivity contribution in [2.45, 2.75) is 26.4 Å². The molecule has 4 rings (SSSR count). The van der Waals surface area contributed by atoms with Crippen LogP contribution in [0.4, 0.5) is 5.69 Å². The molecule has 6 heteroatoms. The number of methoxy groups -OCH3 is 1. The number of ether oxygens (including phenoxy) is 1. The highest BCUT2D eigenvalue weighted by Crippen LogP contribution is 2.29. The number of benzene rings is 2. The van der Waals surface area contributed by atoms with Gasteiger partial charge in [0.1, 0.15) is 5.58 Å². The number of aryl methyl sites for hydroxylation is 1. The molecule has 6 nitrogen and oxygen atoms in total. The molecule has 0 aliphatic carbocycles. The Kier molecular flexibility index (Phi) is 5.36. The van der Waals surface area contributed by atoms with Crippen LogP contribution in [-0.4, -0.2) is 36.9 Å². The van der Waals surface area contributed by atoms with Crippen LogP contribution >= 0.6 is 0 Å². The first-order valence-electron chi connectivity index (χ1n) is 9.79. The monoisotopic (exact) mass is 392 g/mol. The van der Waals surface area contributed by atoms with Crippen LogP contribution < -0.4 is 5.32 Å². The number of hydrogen-bond acceptors (Lipinski definition) is 4. The molecule has 1 fully saturated rings. The lowest BCUT2D eigenvalue weighted by atomic mass is 10.0. The molecule has 0 bridgehead atoms. The SMILES string of the molecule is COCc1c(C(=O)Nc2cccc(C)c2C(=O)N2CCCC2)oc2ccccc12. The molecule has 2 amide bonds. The molecule has 29 heavy (non-hydrogen) atoms. The Bertz CT molecular complexity index is 1060. The van der Waals surface area contributed by atoms with E-state index in [1.165, 1.54) is 0 Å². The standard InChI is InChI=1S/C23H24N2O4/c1-15-8-7-10-18(20(15)23(27)25-12-5-6-13-25)24-22(26)21-17(14-28-2)16-9-3-4-11-19(16)29-21/h3-4,7-11H,5-6,12-14H2,1-2H3,(H,24,26). The molecular weight excluding hydrogens is 368 g/mol. The van der Waals surface area contributed by atoms with E-state index < -0.39 is 5.91 Å². The Hall–Kier alpha value is -3.12. The van der Waals surface area contributed by atoms with E-state index in [9.17, 15) is 9.59 Å². The summed E-state index contributed by atoms with van der Waals surface area (Å²) in [5.74, 6) is -0.235. The molecule has 0 saturated carbocycles. The van der Waals surface area contributed by atoms with E-state index in [-0.39, 0.29) is 18.3 Å². The van der Waals surface area contributed by atoms with Crippen LogP contribution in [0, 0.1) is 6.92 Å². The van der Waals surface area contributed by atoms with Crippen molar-refractivity contribution >= 4 is 28.5 Å². The largest absolute Gasteiger partial charge is 0.451 e. The summed E-state index contributed by atoms with van der Waals surface area (Å²) in [7, 11) is 1.58. The van der Waals surface area contributed by atoms with Crippen molar-refractivity contribution in [3.8, 4) is 0 Å². The van der Waals surface area contributed by atoms with Crippen LogP contribution in [0.25, 0.3) is 11.0 Å². The van der Waals surface area contributed by atoms with E-state index >= 15 is 0 Å². The number of rotatable bonds is 5. The van der Waals surface area contributed by atoms with Gasteiger partial charge in [0.05, 0.1) is 17.9 Å². The van der Waals surface area contributed by atoms with E-state index in [1.54, 1.807) is 13.2 Å². The number of anilines is 1. The number of likely N-dealkylation sites (tertiary alicyclic amines) is 1. The lowest BCUT2D eigenvalue weighted by Gasteiger charge is -2.19. The van der Waals surface area contributed by atoms with Gasteiger partial charge >= 0.3 is 0 Å². The fourth-order valence-electron chi connectivity index (χ4n) is 3.88. The van der Waals surface area contributed by atoms with Gasteiger partial charge in [-0.2, -0.15) is 0 Å². The molecule has 1 aliphatic rings. The number of furan rings is 1. The first-order chi connectivity index (χ1) is 14.1. The maximum absolute atomic E-state index is 13.1. The second-order valence-corrected chi connectivity index (χ2v) is 7.29. The Morgan fingerprint density at radius 3 is 2.62 bits per heavy atom. The number of nitrogens with one attached hydrogen (secondary N) is 1. The predicted molar refractivity (Wildman–Crippen MR) is 111 cm³/mol. The van der Waals surface area contributed by atoms with Crippen molar-refractivity contribution in [2.75, 3.05) is 25.5 Å². The van der Waals surface area contributed by atoms with Gasteiger partial charge < -0.3 is 19.4 Å². The van der Waals surface area contributed by atoms with Crippen molar-refractivity contribution in [1.82, 2.24) is 4.90 Å². The highest BCUT2D eigenvalue weighted by Gasteiger charge is 2.26. The number of fused-ring (bicyclic) bond motifs is 1. The Morgan fingerprint density at radius 1 is 1.10 bits per heavy atom. The first kappa shape index (κ1) is 19.2. The van der Waals surface area contributed by atoms with Gasteiger partial charge in [-0.25, -0.2) is 0 Å². The molecule has 150 valence electrons. The fourth-order valence-corrected chi connectivity index (χ4v) is 3.88. The molecule has 0 atom stereocenters. The van der Waals surface area contributed by atoms with Gasteiger partial charge in [0, 0.05) is 31.1 Å². The number of carbonyl (C=O) groups is 2. The molecule has 0 unspecified atom stereocenters. The molecule has 0 spiro atoms. The van der Waals surface area contributed by atoms with Crippen molar-refractivity contribution in [3.05, 3.63) is 64.9 Å². The van der Waals surface area contributed by atoms with E-state index in [0.29, 0.717) is 22.4 Å². The van der Waals surface area contributed by atoms with Crippen LogP contribution in [0.15, 0.2) is 46.9 Å². The van der Waals surface area contributed by atoms with E-state index in [2.05, 4.69) is 5.32 Å². The summed E-state index contributed by atoms with van der Waals surface area (Å²) in [6.45, 7) is 3.65. The van der Waals surface area contributed by atoms with Gasteiger partial charge in [-0.3, -0.25) is 9.59 Å². The molecule has 1 aromatic heterocycles. The maximum atomic E-state index is 13.1. The lowest BCUT2D eigenvalue weighted by molar-refractivity contribution is 0.0793. The summed E-state index contributed by atoms with van der Waals surface area (Å²) in [5, 5.41) is 3.74. The van der Waals surface area contributed by atoms with E-state index in [0.717, 1.165) is 36.9 Å². The highest BCUT2D eigenvalue weighted by molar-refractivity contribution is 6.10. The molecule has 1 aliphatic heterocycles. The van der Waals surface area contributed by atoms with Crippen LogP contribution in [-0.2, 0) is 11.3 Å². The second-order valence-electron chi connectivity index (χ2n) is 7.29. The third kappa shape index (κ3) is 3.63. The minimum Gasteiger partial charge on any atom is -0.451 e. The van der Waals surface area contributed by atoms with Crippen molar-refractivity contribution in [1.29, 1.82) is 0 Å². The molecule has 0 radical (unpaired) electrons. The quantitative estimate of drug-likeness (QED) is 0.700. The van der Waals surface area contributed by atoms with Crippen LogP contribution in [0.3, 0.4) is 0 Å². The zero-order valence-electron chi connectivity index (χ0n) is 16.7. The third-order valence-electron chi connectivity index (χ3n) is 5.32. The molecular formula is C23H24N2O4. The first-order valence-corrected chi connectivity index (χ1v) is 9.79. The van der Waals surface area contributed by atoms with E-state index in [4.69, 9.17) is 9.15 Å². The normalized spacial score (nSPS) is 13.8. The van der Waals surface area contributed by atoms with Crippen LogP contribution in [0.2, 0.25) is 0 Å². The average molecular weight is 392 g/mol. The van der Waals surface area contributed by atoms with Crippen LogP contribution in [0.1, 0.15) is 44.9 Å². The number of amides is 2. The second kappa shape index (κ2) is 8.09. The van der Waals surface area contributed by atoms with Gasteiger partial charge in [0.25, 0.3) is 11.8 Å². The number of para-hydroxylation sites is 1. The molecule has 2 aromatic carbocycles. The third-order valence-corrected chi connectivity index (χ3v) is 5.32. The van der Waals surface area contributed by atoms with Gasteiger partial charge in [0.15, 0.2) is 5.76 Å². The van der Waals surface area contributed by atoms with Gasteiger partial charge in [-0.05, 0) is 37.5 Å². The van der Waals surface area contributed by atoms with Crippen molar-refractivity contribution in [2.24, 2.45) is 0 Å². The van der Waals surface area contributed by atoms with E-state index in [1.807, 2.05) is 48.2 Å². The summed E-state index contributed by atoms with van der Waals surface area (Å²) in [4.78, 5) is 28.0. The highest BCUT2D eigenvalue weighted by atomic mass is 16.5. The van der Waals surface area contributed by atoms with Crippen molar-refractivity contribution in [3.63, 3.8) is 0 Å². The summed E-state index contributed by atoms with van der Waals surface area (Å²) in [6, 6.07) is 13.0. The molecule has 3 aromatic rings. The zero-order chi connectivity index (χ0) is 20.4. The minimum absolute atomic E-state index is 0.0439.